The maximum absolute atomic E-state index is 6.54. The smallest absolute Gasteiger partial charge is 0.159 e. The lowest BCUT2D eigenvalue weighted by Crippen LogP contribution is -2.28. The Morgan fingerprint density at radius 3 is 1.90 bits per heavy atom. The van der Waals surface area contributed by atoms with E-state index in [2.05, 4.69) is 185 Å². The number of allylic oxidation sites excluding steroid dienone is 2. The summed E-state index contributed by atoms with van der Waals surface area (Å²) >= 11 is 0. The summed E-state index contributed by atoms with van der Waals surface area (Å²) < 4.78 is 8.94. The minimum Gasteiger partial charge on any atom is -0.454 e. The molecular weight excluding hydrogens is 621 g/mol. The highest BCUT2D eigenvalue weighted by Crippen LogP contribution is 2.51. The standard InChI is InChI=1S/C48H32N2O/c1-3-12-31(13-4-1)32-22-25-43-40(28-32)41-30-34(23-26-44(41)49(43)35-14-5-2-6-15-35)33-24-27-45-39(29-33)36-16-7-9-19-42(36)50(45)46-20-11-18-38-37-17-8-10-21-47(37)51-48(38)46/h1-30,36,42H. The van der Waals surface area contributed by atoms with Crippen molar-refractivity contribution in [2.75, 3.05) is 4.90 Å². The Labute approximate surface area is 295 Å². The van der Waals surface area contributed by atoms with E-state index in [9.17, 15) is 0 Å². The van der Waals surface area contributed by atoms with Gasteiger partial charge in [0.15, 0.2) is 5.58 Å². The van der Waals surface area contributed by atoms with Crippen LogP contribution < -0.4 is 4.90 Å². The van der Waals surface area contributed by atoms with Crippen LogP contribution in [0.25, 0.3) is 71.7 Å². The van der Waals surface area contributed by atoms with E-state index in [-0.39, 0.29) is 12.0 Å². The van der Waals surface area contributed by atoms with Crippen LogP contribution in [0.4, 0.5) is 11.4 Å². The van der Waals surface area contributed by atoms with Crippen molar-refractivity contribution in [3.05, 3.63) is 188 Å². The highest BCUT2D eigenvalue weighted by Gasteiger charge is 2.38. The predicted molar refractivity (Wildman–Crippen MR) is 212 cm³/mol. The molecule has 3 nitrogen and oxygen atoms in total. The first kappa shape index (κ1) is 28.3. The van der Waals surface area contributed by atoms with Crippen LogP contribution >= 0.6 is 0 Å². The molecule has 0 saturated heterocycles. The molecular formula is C48H32N2O. The number of anilines is 2. The Balaban J connectivity index is 1.08. The molecule has 2 aliphatic rings. The molecule has 9 aromatic rings. The van der Waals surface area contributed by atoms with Crippen molar-refractivity contribution in [1.82, 2.24) is 4.57 Å². The van der Waals surface area contributed by atoms with E-state index in [0.717, 1.165) is 33.3 Å². The van der Waals surface area contributed by atoms with Crippen LogP contribution in [0.2, 0.25) is 0 Å². The summed E-state index contributed by atoms with van der Waals surface area (Å²) in [5.41, 5.74) is 14.0. The Hall–Kier alpha value is -6.58. The number of benzene rings is 7. The first-order chi connectivity index (χ1) is 25.3. The van der Waals surface area contributed by atoms with Crippen molar-refractivity contribution in [1.29, 1.82) is 0 Å². The number of nitrogens with zero attached hydrogens (tertiary/aromatic N) is 2. The largest absolute Gasteiger partial charge is 0.454 e. The average molecular weight is 653 g/mol. The van der Waals surface area contributed by atoms with Crippen LogP contribution in [-0.2, 0) is 0 Å². The molecule has 240 valence electrons. The van der Waals surface area contributed by atoms with Gasteiger partial charge in [-0.15, -0.1) is 0 Å². The zero-order chi connectivity index (χ0) is 33.5. The molecule has 3 heteroatoms. The van der Waals surface area contributed by atoms with E-state index < -0.39 is 0 Å². The summed E-state index contributed by atoms with van der Waals surface area (Å²) in [5.74, 6) is 0.238. The molecule has 2 aromatic heterocycles. The Kier molecular flexibility index (Phi) is 6.08. The second-order valence-corrected chi connectivity index (χ2v) is 13.7. The number of rotatable bonds is 4. The van der Waals surface area contributed by atoms with Gasteiger partial charge in [0, 0.05) is 38.8 Å². The van der Waals surface area contributed by atoms with Crippen LogP contribution in [0, 0.1) is 0 Å². The zero-order valence-electron chi connectivity index (χ0n) is 27.8. The molecule has 11 rings (SSSR count). The molecule has 0 amide bonds. The number of para-hydroxylation sites is 3. The van der Waals surface area contributed by atoms with E-state index in [4.69, 9.17) is 4.42 Å². The number of aromatic nitrogens is 1. The first-order valence-electron chi connectivity index (χ1n) is 17.7. The lowest BCUT2D eigenvalue weighted by atomic mass is 9.89. The van der Waals surface area contributed by atoms with Gasteiger partial charge in [0.05, 0.1) is 22.8 Å². The van der Waals surface area contributed by atoms with E-state index in [1.165, 1.54) is 55.3 Å². The fourth-order valence-corrected chi connectivity index (χ4v) is 8.59. The molecule has 0 N–H and O–H groups in total. The minimum absolute atomic E-state index is 0.168. The molecule has 0 saturated carbocycles. The van der Waals surface area contributed by atoms with Gasteiger partial charge < -0.3 is 13.9 Å². The van der Waals surface area contributed by atoms with Gasteiger partial charge in [-0.1, -0.05) is 121 Å². The lowest BCUT2D eigenvalue weighted by molar-refractivity contribution is 0.663. The molecule has 3 heterocycles. The van der Waals surface area contributed by atoms with Crippen molar-refractivity contribution in [3.63, 3.8) is 0 Å². The number of furan rings is 1. The Morgan fingerprint density at radius 1 is 0.451 bits per heavy atom. The molecule has 2 unspecified atom stereocenters. The monoisotopic (exact) mass is 652 g/mol. The lowest BCUT2D eigenvalue weighted by Gasteiger charge is -2.28. The van der Waals surface area contributed by atoms with Gasteiger partial charge in [-0.3, -0.25) is 0 Å². The summed E-state index contributed by atoms with van der Waals surface area (Å²) in [5, 5.41) is 4.81. The Bertz CT molecular complexity index is 2870. The normalized spacial score (nSPS) is 16.4. The molecule has 1 aliphatic heterocycles. The molecule has 51 heavy (non-hydrogen) atoms. The summed E-state index contributed by atoms with van der Waals surface area (Å²) in [6, 6.07) is 57.3. The van der Waals surface area contributed by atoms with Crippen LogP contribution in [0.15, 0.2) is 186 Å². The minimum atomic E-state index is 0.168. The van der Waals surface area contributed by atoms with Crippen LogP contribution in [0.3, 0.4) is 0 Å². The molecule has 7 aromatic carbocycles. The van der Waals surface area contributed by atoms with Crippen molar-refractivity contribution in [2.45, 2.75) is 12.0 Å². The van der Waals surface area contributed by atoms with Gasteiger partial charge in [-0.25, -0.2) is 0 Å². The maximum atomic E-state index is 6.54. The molecule has 0 radical (unpaired) electrons. The first-order valence-corrected chi connectivity index (χ1v) is 17.7. The SMILES string of the molecule is C1=CC2c3cc(-c4ccc5c(c4)c4cc(-c6ccccc6)ccc4n5-c4ccccc4)ccc3N(c3cccc4c3oc3ccccc34)C2C=C1. The average Bonchev–Trinajstić information content (AvgIpc) is 3.85. The summed E-state index contributed by atoms with van der Waals surface area (Å²) in [7, 11) is 0. The summed E-state index contributed by atoms with van der Waals surface area (Å²) in [6.45, 7) is 0. The van der Waals surface area contributed by atoms with Crippen molar-refractivity contribution < 1.29 is 4.42 Å². The fraction of sp³-hybridized carbons (Fsp3) is 0.0417. The summed E-state index contributed by atoms with van der Waals surface area (Å²) in [6.07, 6.45) is 9.06. The molecule has 1 aliphatic carbocycles. The van der Waals surface area contributed by atoms with Crippen LogP contribution in [-0.4, -0.2) is 10.6 Å². The van der Waals surface area contributed by atoms with Crippen molar-refractivity contribution >= 4 is 55.1 Å². The predicted octanol–water partition coefficient (Wildman–Crippen LogP) is 12.7. The maximum Gasteiger partial charge on any atom is 0.159 e. The topological polar surface area (TPSA) is 21.3 Å². The second kappa shape index (κ2) is 11.0. The van der Waals surface area contributed by atoms with Gasteiger partial charge in [0.25, 0.3) is 0 Å². The number of hydrogen-bond acceptors (Lipinski definition) is 2. The highest BCUT2D eigenvalue weighted by molar-refractivity contribution is 6.12. The van der Waals surface area contributed by atoms with Gasteiger partial charge in [0.2, 0.25) is 0 Å². The third-order valence-corrected chi connectivity index (χ3v) is 10.9. The van der Waals surface area contributed by atoms with E-state index in [0.29, 0.717) is 0 Å². The van der Waals surface area contributed by atoms with Crippen molar-refractivity contribution in [2.24, 2.45) is 0 Å². The molecule has 2 atom stereocenters. The molecule has 0 spiro atoms. The number of hydrogen-bond donors (Lipinski definition) is 0. The van der Waals surface area contributed by atoms with Gasteiger partial charge in [-0.2, -0.15) is 0 Å². The van der Waals surface area contributed by atoms with Crippen LogP contribution in [0.1, 0.15) is 11.5 Å². The Morgan fingerprint density at radius 2 is 1.10 bits per heavy atom. The van der Waals surface area contributed by atoms with Crippen LogP contribution in [0.5, 0.6) is 0 Å². The molecule has 0 bridgehead atoms. The second-order valence-electron chi connectivity index (χ2n) is 13.7. The zero-order valence-corrected chi connectivity index (χ0v) is 27.8. The quantitative estimate of drug-likeness (QED) is 0.189. The highest BCUT2D eigenvalue weighted by atomic mass is 16.3. The van der Waals surface area contributed by atoms with Gasteiger partial charge in [-0.05, 0) is 88.5 Å². The van der Waals surface area contributed by atoms with E-state index in [1.54, 1.807) is 0 Å². The summed E-state index contributed by atoms with van der Waals surface area (Å²) in [4.78, 5) is 2.48. The third kappa shape index (κ3) is 4.25. The van der Waals surface area contributed by atoms with E-state index >= 15 is 0 Å². The van der Waals surface area contributed by atoms with E-state index in [1.807, 2.05) is 6.07 Å². The van der Waals surface area contributed by atoms with Crippen molar-refractivity contribution in [3.8, 4) is 27.9 Å². The van der Waals surface area contributed by atoms with Gasteiger partial charge in [0.1, 0.15) is 5.58 Å². The molecule has 0 fully saturated rings. The third-order valence-electron chi connectivity index (χ3n) is 10.9. The fourth-order valence-electron chi connectivity index (χ4n) is 8.59. The van der Waals surface area contributed by atoms with Gasteiger partial charge >= 0.3 is 0 Å². The number of fused-ring (bicyclic) bond motifs is 9.